The number of rotatable bonds is 5. The van der Waals surface area contributed by atoms with Gasteiger partial charge in [-0.05, 0) is 25.0 Å². The lowest BCUT2D eigenvalue weighted by Crippen LogP contribution is -2.51. The molecule has 2 aromatic heterocycles. The zero-order valence-corrected chi connectivity index (χ0v) is 15.1. The summed E-state index contributed by atoms with van der Waals surface area (Å²) < 4.78 is 4.98. The van der Waals surface area contributed by atoms with Crippen LogP contribution in [0.5, 0.6) is 0 Å². The second-order valence-electron chi connectivity index (χ2n) is 6.48. The molecule has 0 spiro atoms. The van der Waals surface area contributed by atoms with E-state index >= 15 is 0 Å². The van der Waals surface area contributed by atoms with Gasteiger partial charge in [0.15, 0.2) is 5.82 Å². The Morgan fingerprint density at radius 3 is 2.92 bits per heavy atom. The molecule has 8 heteroatoms. The van der Waals surface area contributed by atoms with Crippen molar-refractivity contribution in [2.45, 2.75) is 39.2 Å². The smallest absolute Gasteiger partial charge is 0.255 e. The number of aromatic nitrogens is 3. The lowest BCUT2D eigenvalue weighted by Gasteiger charge is -2.39. The Labute approximate surface area is 152 Å². The molecule has 0 saturated carbocycles. The molecule has 1 saturated heterocycles. The third-order valence-corrected chi connectivity index (χ3v) is 4.58. The quantitative estimate of drug-likeness (QED) is 0.804. The Morgan fingerprint density at radius 2 is 2.27 bits per heavy atom. The molecule has 1 unspecified atom stereocenters. The Kier molecular flexibility index (Phi) is 5.60. The van der Waals surface area contributed by atoms with Crippen LogP contribution in [-0.4, -0.2) is 62.4 Å². The first-order valence-electron chi connectivity index (χ1n) is 8.80. The van der Waals surface area contributed by atoms with Crippen molar-refractivity contribution in [3.05, 3.63) is 41.8 Å². The molecule has 0 aromatic carbocycles. The van der Waals surface area contributed by atoms with Gasteiger partial charge < -0.3 is 14.3 Å². The van der Waals surface area contributed by atoms with E-state index in [9.17, 15) is 9.59 Å². The maximum atomic E-state index is 12.7. The van der Waals surface area contributed by atoms with Crippen LogP contribution in [0.3, 0.4) is 0 Å². The average molecular weight is 357 g/mol. The van der Waals surface area contributed by atoms with Gasteiger partial charge in [-0.1, -0.05) is 5.16 Å². The largest absolute Gasteiger partial charge is 0.340 e. The summed E-state index contributed by atoms with van der Waals surface area (Å²) in [7, 11) is 0. The Hall–Kier alpha value is -2.77. The molecule has 3 heterocycles. The zero-order valence-electron chi connectivity index (χ0n) is 15.1. The van der Waals surface area contributed by atoms with Crippen LogP contribution in [0.4, 0.5) is 0 Å². The van der Waals surface area contributed by atoms with Gasteiger partial charge in [0.05, 0.1) is 5.56 Å². The van der Waals surface area contributed by atoms with Gasteiger partial charge in [0.1, 0.15) is 0 Å². The highest BCUT2D eigenvalue weighted by molar-refractivity contribution is 5.94. The average Bonchev–Trinajstić information content (AvgIpc) is 3.07. The molecule has 0 radical (unpaired) electrons. The molecule has 8 nitrogen and oxygen atoms in total. The molecule has 2 amide bonds. The molecule has 0 aliphatic carbocycles. The summed E-state index contributed by atoms with van der Waals surface area (Å²) in [5, 5.41) is 3.88. The summed E-state index contributed by atoms with van der Waals surface area (Å²) in [6, 6.07) is 3.51. The Morgan fingerprint density at radius 1 is 1.42 bits per heavy atom. The van der Waals surface area contributed by atoms with Crippen molar-refractivity contribution < 1.29 is 14.1 Å². The van der Waals surface area contributed by atoms with E-state index in [1.807, 2.05) is 4.90 Å². The van der Waals surface area contributed by atoms with E-state index in [1.54, 1.807) is 43.3 Å². The number of piperidine rings is 1. The molecule has 1 aliphatic heterocycles. The van der Waals surface area contributed by atoms with Gasteiger partial charge in [-0.2, -0.15) is 4.98 Å². The fraction of sp³-hybridized carbons (Fsp3) is 0.500. The maximum absolute atomic E-state index is 12.7. The van der Waals surface area contributed by atoms with Crippen LogP contribution in [0, 0.1) is 6.92 Å². The van der Waals surface area contributed by atoms with Crippen molar-refractivity contribution in [1.29, 1.82) is 0 Å². The predicted molar refractivity (Wildman–Crippen MR) is 93.3 cm³/mol. The fourth-order valence-corrected chi connectivity index (χ4v) is 3.33. The van der Waals surface area contributed by atoms with Gasteiger partial charge in [-0.25, -0.2) is 0 Å². The fourth-order valence-electron chi connectivity index (χ4n) is 3.33. The molecule has 1 aliphatic rings. The summed E-state index contributed by atoms with van der Waals surface area (Å²) in [6.45, 7) is 5.03. The first kappa shape index (κ1) is 18.0. The molecule has 0 N–H and O–H groups in total. The van der Waals surface area contributed by atoms with Crippen LogP contribution < -0.4 is 0 Å². The van der Waals surface area contributed by atoms with Crippen molar-refractivity contribution in [2.24, 2.45) is 0 Å². The molecule has 1 fully saturated rings. The monoisotopic (exact) mass is 357 g/mol. The predicted octanol–water partition coefficient (Wildman–Crippen LogP) is 1.47. The highest BCUT2D eigenvalue weighted by atomic mass is 16.5. The number of amides is 2. The number of likely N-dealkylation sites (tertiary alicyclic amines) is 1. The van der Waals surface area contributed by atoms with E-state index in [-0.39, 0.29) is 17.9 Å². The van der Waals surface area contributed by atoms with Gasteiger partial charge in [0.25, 0.3) is 5.91 Å². The molecule has 138 valence electrons. The second kappa shape index (κ2) is 8.07. The van der Waals surface area contributed by atoms with E-state index in [2.05, 4.69) is 15.1 Å². The third-order valence-electron chi connectivity index (χ3n) is 4.58. The number of carbonyl (C=O) groups excluding carboxylic acids is 2. The lowest BCUT2D eigenvalue weighted by atomic mass is 10.0. The molecule has 3 rings (SSSR count). The van der Waals surface area contributed by atoms with Crippen molar-refractivity contribution >= 4 is 11.8 Å². The first-order valence-corrected chi connectivity index (χ1v) is 8.80. The minimum Gasteiger partial charge on any atom is -0.340 e. The topological polar surface area (TPSA) is 92.4 Å². The van der Waals surface area contributed by atoms with Crippen LogP contribution in [-0.2, 0) is 11.2 Å². The second-order valence-corrected chi connectivity index (χ2v) is 6.48. The van der Waals surface area contributed by atoms with E-state index in [0.717, 1.165) is 12.8 Å². The van der Waals surface area contributed by atoms with Crippen LogP contribution in [0.2, 0.25) is 0 Å². The maximum Gasteiger partial charge on any atom is 0.255 e. The van der Waals surface area contributed by atoms with Crippen molar-refractivity contribution in [1.82, 2.24) is 24.9 Å². The van der Waals surface area contributed by atoms with E-state index in [4.69, 9.17) is 4.52 Å². The van der Waals surface area contributed by atoms with Crippen molar-refractivity contribution in [2.75, 3.05) is 19.6 Å². The Balaban J connectivity index is 1.65. The van der Waals surface area contributed by atoms with E-state index in [1.165, 1.54) is 0 Å². The molecule has 0 bridgehead atoms. The summed E-state index contributed by atoms with van der Waals surface area (Å²) in [5.74, 6) is 1.05. The van der Waals surface area contributed by atoms with Gasteiger partial charge >= 0.3 is 0 Å². The summed E-state index contributed by atoms with van der Waals surface area (Å²) in [6.07, 6.45) is 5.49. The zero-order chi connectivity index (χ0) is 18.5. The highest BCUT2D eigenvalue weighted by Crippen LogP contribution is 2.19. The van der Waals surface area contributed by atoms with Crippen molar-refractivity contribution in [3.63, 3.8) is 0 Å². The number of hydrogen-bond acceptors (Lipinski definition) is 6. The van der Waals surface area contributed by atoms with Crippen LogP contribution in [0.1, 0.15) is 41.8 Å². The SMILES string of the molecule is CC(=O)N(CCc1noc(C)n1)C1CCCN(C(=O)c2cccnc2)C1. The van der Waals surface area contributed by atoms with Crippen molar-refractivity contribution in [3.8, 4) is 0 Å². The normalized spacial score (nSPS) is 17.2. The summed E-state index contributed by atoms with van der Waals surface area (Å²) in [4.78, 5) is 36.6. The number of carbonyl (C=O) groups is 2. The molecule has 2 aromatic rings. The standard InChI is InChI=1S/C18H23N5O3/c1-13-20-17(21-26-13)7-10-23(14(2)24)16-6-4-9-22(12-16)18(25)15-5-3-8-19-11-15/h3,5,8,11,16H,4,6-7,9-10,12H2,1-2H3. The van der Waals surface area contributed by atoms with Crippen LogP contribution >= 0.6 is 0 Å². The Bertz CT molecular complexity index is 761. The number of hydrogen-bond donors (Lipinski definition) is 0. The van der Waals surface area contributed by atoms with Gasteiger partial charge in [0.2, 0.25) is 11.8 Å². The highest BCUT2D eigenvalue weighted by Gasteiger charge is 2.29. The minimum atomic E-state index is -0.0416. The van der Waals surface area contributed by atoms with Crippen LogP contribution in [0.15, 0.2) is 29.0 Å². The number of aryl methyl sites for hydroxylation is 1. The van der Waals surface area contributed by atoms with Gasteiger partial charge in [-0.15, -0.1) is 0 Å². The third kappa shape index (κ3) is 4.25. The van der Waals surface area contributed by atoms with E-state index < -0.39 is 0 Å². The van der Waals surface area contributed by atoms with E-state index in [0.29, 0.717) is 43.3 Å². The molecule has 26 heavy (non-hydrogen) atoms. The molecular formula is C18H23N5O3. The van der Waals surface area contributed by atoms with Crippen LogP contribution in [0.25, 0.3) is 0 Å². The number of pyridine rings is 1. The number of nitrogens with zero attached hydrogens (tertiary/aromatic N) is 5. The summed E-state index contributed by atoms with van der Waals surface area (Å²) >= 11 is 0. The minimum absolute atomic E-state index is 0.00475. The van der Waals surface area contributed by atoms with Gasteiger partial charge in [-0.3, -0.25) is 14.6 Å². The molecular weight excluding hydrogens is 334 g/mol. The lowest BCUT2D eigenvalue weighted by molar-refractivity contribution is -0.132. The molecule has 1 atom stereocenters. The first-order chi connectivity index (χ1) is 12.5. The van der Waals surface area contributed by atoms with Gasteiger partial charge in [0, 0.05) is 58.3 Å². The summed E-state index contributed by atoms with van der Waals surface area (Å²) in [5.41, 5.74) is 0.574.